The predicted octanol–water partition coefficient (Wildman–Crippen LogP) is 1.92. The Bertz CT molecular complexity index is 781. The second-order valence-electron chi connectivity index (χ2n) is 5.90. The van der Waals surface area contributed by atoms with Crippen LogP contribution in [0.2, 0.25) is 0 Å². The molecule has 1 atom stereocenters. The van der Waals surface area contributed by atoms with Crippen LogP contribution < -0.4 is 10.9 Å². The smallest absolute Gasteiger partial charge is 0.326 e. The molecule has 0 aliphatic heterocycles. The van der Waals surface area contributed by atoms with Crippen LogP contribution >= 0.6 is 0 Å². The monoisotopic (exact) mass is 328 g/mol. The number of aliphatic carboxylic acids is 1. The van der Waals surface area contributed by atoms with E-state index < -0.39 is 17.9 Å². The summed E-state index contributed by atoms with van der Waals surface area (Å²) in [5.74, 6) is -1.66. The average Bonchev–Trinajstić information content (AvgIpc) is 2.54. The maximum absolute atomic E-state index is 12.3. The molecule has 2 rings (SSSR count). The molecule has 126 valence electrons. The average molecular weight is 328 g/mol. The fraction of sp³-hybridized carbons (Fsp3) is 0.278. The Morgan fingerprint density at radius 2 is 1.83 bits per heavy atom. The van der Waals surface area contributed by atoms with Gasteiger partial charge in [-0.3, -0.25) is 9.59 Å². The summed E-state index contributed by atoms with van der Waals surface area (Å²) in [5.41, 5.74) is 1.20. The van der Waals surface area contributed by atoms with Crippen molar-refractivity contribution in [1.82, 2.24) is 10.3 Å². The first-order valence-corrected chi connectivity index (χ1v) is 7.68. The molecule has 6 heteroatoms. The van der Waals surface area contributed by atoms with Crippen LogP contribution in [-0.4, -0.2) is 28.0 Å². The molecule has 0 saturated carbocycles. The second kappa shape index (κ2) is 7.59. The van der Waals surface area contributed by atoms with E-state index >= 15 is 0 Å². The van der Waals surface area contributed by atoms with Crippen molar-refractivity contribution < 1.29 is 14.7 Å². The van der Waals surface area contributed by atoms with Crippen molar-refractivity contribution in [1.29, 1.82) is 0 Å². The van der Waals surface area contributed by atoms with Gasteiger partial charge in [-0.1, -0.05) is 44.2 Å². The largest absolute Gasteiger partial charge is 0.480 e. The normalized spacial score (nSPS) is 12.0. The quantitative estimate of drug-likeness (QED) is 0.754. The highest BCUT2D eigenvalue weighted by molar-refractivity contribution is 5.96. The van der Waals surface area contributed by atoms with Gasteiger partial charge >= 0.3 is 5.97 Å². The van der Waals surface area contributed by atoms with Crippen LogP contribution in [-0.2, 0) is 11.2 Å². The molecule has 0 aliphatic carbocycles. The molecule has 0 bridgehead atoms. The molecule has 1 aromatic heterocycles. The molecule has 0 fully saturated rings. The lowest BCUT2D eigenvalue weighted by Gasteiger charge is -2.15. The molecular weight excluding hydrogens is 308 g/mol. The van der Waals surface area contributed by atoms with Gasteiger partial charge in [0, 0.05) is 23.7 Å². The van der Waals surface area contributed by atoms with E-state index in [4.69, 9.17) is 0 Å². The van der Waals surface area contributed by atoms with E-state index in [1.807, 2.05) is 32.0 Å². The Kier molecular flexibility index (Phi) is 5.52. The summed E-state index contributed by atoms with van der Waals surface area (Å²) in [7, 11) is 0. The van der Waals surface area contributed by atoms with Crippen LogP contribution in [0.4, 0.5) is 0 Å². The van der Waals surface area contributed by atoms with Crippen LogP contribution in [0.1, 0.15) is 41.4 Å². The molecule has 24 heavy (non-hydrogen) atoms. The number of amides is 1. The van der Waals surface area contributed by atoms with E-state index in [-0.39, 0.29) is 23.5 Å². The predicted molar refractivity (Wildman–Crippen MR) is 90.2 cm³/mol. The van der Waals surface area contributed by atoms with E-state index in [1.54, 1.807) is 18.2 Å². The van der Waals surface area contributed by atoms with Gasteiger partial charge in [0.2, 0.25) is 5.56 Å². The number of hydrogen-bond acceptors (Lipinski definition) is 3. The highest BCUT2D eigenvalue weighted by Crippen LogP contribution is 2.11. The van der Waals surface area contributed by atoms with Gasteiger partial charge in [0.1, 0.15) is 6.04 Å². The van der Waals surface area contributed by atoms with Crippen molar-refractivity contribution >= 4 is 11.9 Å². The standard InChI is InChI=1S/C18H20N2O4/c1-11(2)14-9-13(10-16(21)19-14)17(22)20-15(18(23)24)8-12-6-4-3-5-7-12/h3-7,9-11,15H,8H2,1-2H3,(H,19,21)(H,20,22)(H,23,24)/t15-/m0/s1. The summed E-state index contributed by atoms with van der Waals surface area (Å²) >= 11 is 0. The number of aromatic nitrogens is 1. The van der Waals surface area contributed by atoms with Gasteiger partial charge in [-0.15, -0.1) is 0 Å². The van der Waals surface area contributed by atoms with Gasteiger partial charge in [0.05, 0.1) is 0 Å². The fourth-order valence-corrected chi connectivity index (χ4v) is 2.30. The third kappa shape index (κ3) is 4.55. The maximum atomic E-state index is 12.3. The molecule has 3 N–H and O–H groups in total. The van der Waals surface area contributed by atoms with Crippen LogP contribution in [0.3, 0.4) is 0 Å². The van der Waals surface area contributed by atoms with Crippen molar-refractivity contribution in [2.45, 2.75) is 32.2 Å². The molecule has 0 radical (unpaired) electrons. The Morgan fingerprint density at radius 1 is 1.17 bits per heavy atom. The molecule has 1 amide bonds. The zero-order valence-corrected chi connectivity index (χ0v) is 13.6. The van der Waals surface area contributed by atoms with Crippen molar-refractivity contribution in [2.75, 3.05) is 0 Å². The zero-order valence-electron chi connectivity index (χ0n) is 13.6. The third-order valence-corrected chi connectivity index (χ3v) is 3.64. The van der Waals surface area contributed by atoms with E-state index in [1.165, 1.54) is 6.07 Å². The highest BCUT2D eigenvalue weighted by Gasteiger charge is 2.21. The molecule has 0 unspecified atom stereocenters. The Labute approximate surface area is 139 Å². The molecule has 2 aromatic rings. The van der Waals surface area contributed by atoms with Gasteiger partial charge in [-0.2, -0.15) is 0 Å². The van der Waals surface area contributed by atoms with Crippen LogP contribution in [0.5, 0.6) is 0 Å². The lowest BCUT2D eigenvalue weighted by molar-refractivity contribution is -0.139. The highest BCUT2D eigenvalue weighted by atomic mass is 16.4. The number of rotatable bonds is 6. The number of H-pyrrole nitrogens is 1. The van der Waals surface area contributed by atoms with Gasteiger partial charge in [0.25, 0.3) is 5.91 Å². The first kappa shape index (κ1) is 17.5. The van der Waals surface area contributed by atoms with Gasteiger partial charge in [-0.25, -0.2) is 4.79 Å². The van der Waals surface area contributed by atoms with Crippen LogP contribution in [0.15, 0.2) is 47.3 Å². The molecule has 6 nitrogen and oxygen atoms in total. The number of nitrogens with one attached hydrogen (secondary N) is 2. The summed E-state index contributed by atoms with van der Waals surface area (Å²) in [6, 6.07) is 10.7. The number of carboxylic acid groups (broad SMARTS) is 1. The van der Waals surface area contributed by atoms with E-state index in [0.717, 1.165) is 5.56 Å². The Balaban J connectivity index is 2.19. The topological polar surface area (TPSA) is 99.3 Å². The second-order valence-corrected chi connectivity index (χ2v) is 5.90. The molecular formula is C18H20N2O4. The van der Waals surface area contributed by atoms with Crippen molar-refractivity contribution in [3.05, 3.63) is 69.6 Å². The number of aromatic amines is 1. The first-order chi connectivity index (χ1) is 11.4. The molecule has 1 heterocycles. The Hall–Kier alpha value is -2.89. The number of carbonyl (C=O) groups excluding carboxylic acids is 1. The third-order valence-electron chi connectivity index (χ3n) is 3.64. The first-order valence-electron chi connectivity index (χ1n) is 7.68. The summed E-state index contributed by atoms with van der Waals surface area (Å²) in [4.78, 5) is 38.1. The lowest BCUT2D eigenvalue weighted by Crippen LogP contribution is -2.42. The molecule has 0 saturated heterocycles. The minimum absolute atomic E-state index is 0.0463. The number of benzene rings is 1. The minimum Gasteiger partial charge on any atom is -0.480 e. The van der Waals surface area contributed by atoms with Crippen molar-refractivity contribution in [3.63, 3.8) is 0 Å². The minimum atomic E-state index is -1.12. The SMILES string of the molecule is CC(C)c1cc(C(=O)N[C@@H](Cc2ccccc2)C(=O)O)cc(=O)[nH]1. The molecule has 1 aromatic carbocycles. The van der Waals surface area contributed by atoms with Crippen LogP contribution in [0.25, 0.3) is 0 Å². The molecule has 0 aliphatic rings. The number of carboxylic acids is 1. The maximum Gasteiger partial charge on any atom is 0.326 e. The summed E-state index contributed by atoms with van der Waals surface area (Å²) in [6.07, 6.45) is 0.169. The van der Waals surface area contributed by atoms with Gasteiger partial charge < -0.3 is 15.4 Å². The number of carbonyl (C=O) groups is 2. The lowest BCUT2D eigenvalue weighted by atomic mass is 10.0. The van der Waals surface area contributed by atoms with E-state index in [9.17, 15) is 19.5 Å². The van der Waals surface area contributed by atoms with Crippen LogP contribution in [0, 0.1) is 0 Å². The number of pyridine rings is 1. The summed E-state index contributed by atoms with van der Waals surface area (Å²) < 4.78 is 0. The number of hydrogen-bond donors (Lipinski definition) is 3. The van der Waals surface area contributed by atoms with Gasteiger partial charge in [-0.05, 0) is 17.5 Å². The summed E-state index contributed by atoms with van der Waals surface area (Å²) in [5, 5.41) is 11.8. The van der Waals surface area contributed by atoms with Crippen molar-refractivity contribution in [3.8, 4) is 0 Å². The van der Waals surface area contributed by atoms with E-state index in [0.29, 0.717) is 5.69 Å². The Morgan fingerprint density at radius 3 is 2.42 bits per heavy atom. The molecule has 0 spiro atoms. The zero-order chi connectivity index (χ0) is 17.7. The van der Waals surface area contributed by atoms with E-state index in [2.05, 4.69) is 10.3 Å². The fourth-order valence-electron chi connectivity index (χ4n) is 2.30. The van der Waals surface area contributed by atoms with Crippen molar-refractivity contribution in [2.24, 2.45) is 0 Å². The van der Waals surface area contributed by atoms with Gasteiger partial charge in [0.15, 0.2) is 0 Å². The summed E-state index contributed by atoms with van der Waals surface area (Å²) in [6.45, 7) is 3.78.